The van der Waals surface area contributed by atoms with Crippen molar-refractivity contribution in [3.8, 4) is 5.69 Å². The van der Waals surface area contributed by atoms with Gasteiger partial charge in [-0.15, -0.1) is 0 Å². The van der Waals surface area contributed by atoms with Crippen LogP contribution in [0, 0.1) is 13.8 Å². The van der Waals surface area contributed by atoms with Crippen LogP contribution in [0.25, 0.3) is 5.69 Å². The summed E-state index contributed by atoms with van der Waals surface area (Å²) in [6, 6.07) is 10.0. The molecule has 4 nitrogen and oxygen atoms in total. The molecule has 1 aromatic carbocycles. The van der Waals surface area contributed by atoms with Gasteiger partial charge in [0.1, 0.15) is 0 Å². The summed E-state index contributed by atoms with van der Waals surface area (Å²) in [5.74, 6) is 0. The van der Waals surface area contributed by atoms with E-state index in [2.05, 4.69) is 11.2 Å². The van der Waals surface area contributed by atoms with Gasteiger partial charge >= 0.3 is 0 Å². The van der Waals surface area contributed by atoms with E-state index >= 15 is 0 Å². The molecule has 2 rings (SSSR count). The van der Waals surface area contributed by atoms with Gasteiger partial charge in [-0.2, -0.15) is 5.10 Å². The first-order valence-electron chi connectivity index (χ1n) is 5.71. The average Bonchev–Trinajstić information content (AvgIpc) is 2.68. The fraction of sp³-hybridized carbons (Fsp3) is 0.308. The molecule has 0 spiro atoms. The van der Waals surface area contributed by atoms with Gasteiger partial charge < -0.3 is 11.5 Å². The van der Waals surface area contributed by atoms with Crippen LogP contribution in [0.2, 0.25) is 0 Å². The second kappa shape index (κ2) is 4.69. The van der Waals surface area contributed by atoms with Crippen molar-refractivity contribution in [1.82, 2.24) is 9.78 Å². The third-order valence-corrected chi connectivity index (χ3v) is 2.83. The van der Waals surface area contributed by atoms with Gasteiger partial charge in [0, 0.05) is 18.3 Å². The van der Waals surface area contributed by atoms with E-state index in [9.17, 15) is 0 Å². The molecule has 0 aliphatic carbocycles. The molecule has 0 bridgehead atoms. The zero-order valence-corrected chi connectivity index (χ0v) is 10.2. The van der Waals surface area contributed by atoms with Crippen molar-refractivity contribution in [2.75, 3.05) is 6.54 Å². The maximum Gasteiger partial charge on any atom is 0.0648 e. The second-order valence-corrected chi connectivity index (χ2v) is 4.27. The number of benzene rings is 1. The molecule has 1 atom stereocenters. The van der Waals surface area contributed by atoms with E-state index in [1.54, 1.807) is 0 Å². The molecule has 4 heteroatoms. The summed E-state index contributed by atoms with van der Waals surface area (Å²) >= 11 is 0. The molecule has 0 unspecified atom stereocenters. The van der Waals surface area contributed by atoms with Gasteiger partial charge in [-0.1, -0.05) is 12.1 Å². The first-order chi connectivity index (χ1) is 8.11. The number of hydrogen-bond donors (Lipinski definition) is 2. The van der Waals surface area contributed by atoms with Crippen molar-refractivity contribution < 1.29 is 0 Å². The van der Waals surface area contributed by atoms with E-state index in [0.717, 1.165) is 22.6 Å². The third-order valence-electron chi connectivity index (χ3n) is 2.83. The highest BCUT2D eigenvalue weighted by atomic mass is 15.3. The topological polar surface area (TPSA) is 69.9 Å². The minimum absolute atomic E-state index is 0.0931. The molecule has 0 aliphatic rings. The van der Waals surface area contributed by atoms with Crippen molar-refractivity contribution in [3.63, 3.8) is 0 Å². The number of hydrogen-bond acceptors (Lipinski definition) is 3. The summed E-state index contributed by atoms with van der Waals surface area (Å²) in [5.41, 5.74) is 15.6. The molecule has 4 N–H and O–H groups in total. The first-order valence-corrected chi connectivity index (χ1v) is 5.71. The second-order valence-electron chi connectivity index (χ2n) is 4.27. The predicted molar refractivity (Wildman–Crippen MR) is 69.0 cm³/mol. The van der Waals surface area contributed by atoms with Crippen molar-refractivity contribution >= 4 is 0 Å². The minimum Gasteiger partial charge on any atom is -0.329 e. The molecule has 0 amide bonds. The molecule has 17 heavy (non-hydrogen) atoms. The van der Waals surface area contributed by atoms with Crippen molar-refractivity contribution in [2.24, 2.45) is 11.5 Å². The number of nitrogens with zero attached hydrogens (tertiary/aromatic N) is 2. The predicted octanol–water partition coefficient (Wildman–Crippen LogP) is 1.45. The van der Waals surface area contributed by atoms with Gasteiger partial charge in [0.05, 0.1) is 11.4 Å². The quantitative estimate of drug-likeness (QED) is 0.838. The van der Waals surface area contributed by atoms with E-state index < -0.39 is 0 Å². The van der Waals surface area contributed by atoms with Gasteiger partial charge in [0.25, 0.3) is 0 Å². The molecule has 1 aromatic heterocycles. The van der Waals surface area contributed by atoms with E-state index in [1.165, 1.54) is 0 Å². The summed E-state index contributed by atoms with van der Waals surface area (Å²) < 4.78 is 1.92. The van der Waals surface area contributed by atoms with Gasteiger partial charge in [0.2, 0.25) is 0 Å². The lowest BCUT2D eigenvalue weighted by molar-refractivity contribution is 0.735. The summed E-state index contributed by atoms with van der Waals surface area (Å²) in [6.45, 7) is 4.49. The van der Waals surface area contributed by atoms with Crippen LogP contribution >= 0.6 is 0 Å². The highest BCUT2D eigenvalue weighted by Gasteiger charge is 2.06. The number of aryl methyl sites for hydroxylation is 2. The maximum atomic E-state index is 5.87. The van der Waals surface area contributed by atoms with Crippen LogP contribution in [0.3, 0.4) is 0 Å². The van der Waals surface area contributed by atoms with E-state index in [0.29, 0.717) is 6.54 Å². The summed E-state index contributed by atoms with van der Waals surface area (Å²) in [6.07, 6.45) is 0. The van der Waals surface area contributed by atoms with Crippen LogP contribution in [-0.2, 0) is 0 Å². The van der Waals surface area contributed by atoms with Gasteiger partial charge in [0.15, 0.2) is 0 Å². The highest BCUT2D eigenvalue weighted by Crippen LogP contribution is 2.15. The SMILES string of the molecule is Cc1cc(C)n(-c2ccc([C@H](N)CN)cc2)n1. The molecular formula is C13H18N4. The molecule has 0 radical (unpaired) electrons. The molecule has 90 valence electrons. The summed E-state index contributed by atoms with van der Waals surface area (Å²) in [5, 5.41) is 4.44. The Morgan fingerprint density at radius 2 is 1.88 bits per heavy atom. The molecule has 2 aromatic rings. The fourth-order valence-corrected chi connectivity index (χ4v) is 1.89. The zero-order valence-electron chi connectivity index (χ0n) is 10.2. The average molecular weight is 230 g/mol. The van der Waals surface area contributed by atoms with Crippen LogP contribution in [0.15, 0.2) is 30.3 Å². The molecule has 0 saturated heterocycles. The van der Waals surface area contributed by atoms with Crippen LogP contribution in [0.1, 0.15) is 23.0 Å². The Hall–Kier alpha value is -1.65. The zero-order chi connectivity index (χ0) is 12.4. The lowest BCUT2D eigenvalue weighted by Gasteiger charge is -2.10. The Morgan fingerprint density at radius 3 is 2.35 bits per heavy atom. The molecule has 0 saturated carbocycles. The summed E-state index contributed by atoms with van der Waals surface area (Å²) in [7, 11) is 0. The van der Waals surface area contributed by atoms with Gasteiger partial charge in [-0.05, 0) is 37.6 Å². The van der Waals surface area contributed by atoms with Crippen molar-refractivity contribution in [2.45, 2.75) is 19.9 Å². The Bertz CT molecular complexity index is 499. The van der Waals surface area contributed by atoms with Crippen LogP contribution in [0.4, 0.5) is 0 Å². The smallest absolute Gasteiger partial charge is 0.0648 e. The normalized spacial score (nSPS) is 12.7. The minimum atomic E-state index is -0.0931. The number of rotatable bonds is 3. The van der Waals surface area contributed by atoms with Crippen molar-refractivity contribution in [3.05, 3.63) is 47.3 Å². The lowest BCUT2D eigenvalue weighted by atomic mass is 10.1. The lowest BCUT2D eigenvalue weighted by Crippen LogP contribution is -2.20. The first kappa shape index (κ1) is 11.8. The van der Waals surface area contributed by atoms with Gasteiger partial charge in [-0.3, -0.25) is 0 Å². The van der Waals surface area contributed by atoms with E-state index in [1.807, 2.05) is 42.8 Å². The fourth-order valence-electron chi connectivity index (χ4n) is 1.89. The molecule has 1 heterocycles. The molecule has 0 aliphatic heterocycles. The number of aromatic nitrogens is 2. The van der Waals surface area contributed by atoms with Crippen molar-refractivity contribution in [1.29, 1.82) is 0 Å². The molecular weight excluding hydrogens is 212 g/mol. The van der Waals surface area contributed by atoms with Crippen LogP contribution in [-0.4, -0.2) is 16.3 Å². The van der Waals surface area contributed by atoms with Crippen LogP contribution < -0.4 is 11.5 Å². The standard InChI is InChI=1S/C13H18N4/c1-9-7-10(2)17(16-9)12-5-3-11(4-6-12)13(15)8-14/h3-7,13H,8,14-15H2,1-2H3/t13-/m1/s1. The Balaban J connectivity index is 2.32. The maximum absolute atomic E-state index is 5.87. The van der Waals surface area contributed by atoms with E-state index in [4.69, 9.17) is 11.5 Å². The Labute approximate surface area is 101 Å². The third kappa shape index (κ3) is 2.38. The Kier molecular flexibility index (Phi) is 3.26. The van der Waals surface area contributed by atoms with Gasteiger partial charge in [-0.25, -0.2) is 4.68 Å². The Morgan fingerprint density at radius 1 is 1.24 bits per heavy atom. The largest absolute Gasteiger partial charge is 0.329 e. The van der Waals surface area contributed by atoms with E-state index in [-0.39, 0.29) is 6.04 Å². The number of nitrogens with two attached hydrogens (primary N) is 2. The van der Waals surface area contributed by atoms with Crippen LogP contribution in [0.5, 0.6) is 0 Å². The monoisotopic (exact) mass is 230 g/mol. The highest BCUT2D eigenvalue weighted by molar-refractivity contribution is 5.36. The summed E-state index contributed by atoms with van der Waals surface area (Å²) in [4.78, 5) is 0. The molecule has 0 fully saturated rings.